The average Bonchev–Trinajstić information content (AvgIpc) is 2.82. The van der Waals surface area contributed by atoms with Crippen molar-refractivity contribution in [2.24, 2.45) is 21.7 Å². The molecule has 0 aromatic rings. The molecule has 0 N–H and O–H groups in total. The number of rotatable bonds is 6. The minimum atomic E-state index is -0.621. The summed E-state index contributed by atoms with van der Waals surface area (Å²) in [6.45, 7) is 14.5. The van der Waals surface area contributed by atoms with E-state index in [2.05, 4.69) is 20.8 Å². The quantitative estimate of drug-likeness (QED) is 0.657. The molecule has 2 rings (SSSR count). The Hall–Kier alpha value is -1.39. The molecule has 0 heterocycles. The summed E-state index contributed by atoms with van der Waals surface area (Å²) in [6.07, 6.45) is 3.79. The van der Waals surface area contributed by atoms with Crippen LogP contribution in [-0.4, -0.2) is 35.9 Å². The Morgan fingerprint density at radius 3 is 2.38 bits per heavy atom. The van der Waals surface area contributed by atoms with E-state index in [0.29, 0.717) is 18.9 Å². The maximum Gasteiger partial charge on any atom is 0.330 e. The van der Waals surface area contributed by atoms with Gasteiger partial charge in [-0.15, -0.1) is 0 Å². The van der Waals surface area contributed by atoms with Gasteiger partial charge in [0.05, 0.1) is 6.61 Å². The standard InChI is InChI=1S/C21H35NO4/c1-8-25-18(24)15(9-10-17(23)26-19(2,3)4)22-16-13-14-11-12-21(16,7)20(14,5)6/h14-15H,8-13H2,1-7H3/t14-,15+,21+/m1/s1. The van der Waals surface area contributed by atoms with Crippen molar-refractivity contribution in [3.63, 3.8) is 0 Å². The predicted molar refractivity (Wildman–Crippen MR) is 102 cm³/mol. The number of carbonyl (C=O) groups is 2. The van der Waals surface area contributed by atoms with E-state index >= 15 is 0 Å². The van der Waals surface area contributed by atoms with Crippen LogP contribution in [0.5, 0.6) is 0 Å². The highest BCUT2D eigenvalue weighted by Crippen LogP contribution is 2.64. The number of ether oxygens (including phenoxy) is 2. The van der Waals surface area contributed by atoms with E-state index in [4.69, 9.17) is 14.5 Å². The van der Waals surface area contributed by atoms with Crippen LogP contribution in [0.2, 0.25) is 0 Å². The lowest BCUT2D eigenvalue weighted by Gasteiger charge is -2.35. The molecule has 0 radical (unpaired) electrons. The molecule has 0 spiro atoms. The zero-order valence-electron chi connectivity index (χ0n) is 17.5. The Kier molecular flexibility index (Phi) is 5.89. The fraction of sp³-hybridized carbons (Fsp3) is 0.857. The van der Waals surface area contributed by atoms with Crippen LogP contribution in [0.3, 0.4) is 0 Å². The first-order valence-corrected chi connectivity index (χ1v) is 9.86. The molecule has 0 aliphatic heterocycles. The summed E-state index contributed by atoms with van der Waals surface area (Å²) in [5, 5.41) is 0. The summed E-state index contributed by atoms with van der Waals surface area (Å²) in [7, 11) is 0. The minimum absolute atomic E-state index is 0.0360. The Bertz CT molecular complexity index is 587. The largest absolute Gasteiger partial charge is 0.464 e. The predicted octanol–water partition coefficient (Wildman–Crippen LogP) is 4.33. The molecule has 148 valence electrons. The van der Waals surface area contributed by atoms with Gasteiger partial charge in [-0.25, -0.2) is 4.79 Å². The summed E-state index contributed by atoms with van der Waals surface area (Å²) in [4.78, 5) is 29.3. The summed E-state index contributed by atoms with van der Waals surface area (Å²) in [6, 6.07) is -0.621. The Labute approximate surface area is 157 Å². The van der Waals surface area contributed by atoms with Gasteiger partial charge in [-0.2, -0.15) is 0 Å². The maximum atomic E-state index is 12.4. The number of nitrogens with zero attached hydrogens (tertiary/aromatic N) is 1. The first kappa shape index (κ1) is 20.9. The van der Waals surface area contributed by atoms with Gasteiger partial charge in [-0.05, 0) is 64.7 Å². The van der Waals surface area contributed by atoms with Crippen LogP contribution in [0.1, 0.15) is 80.6 Å². The van der Waals surface area contributed by atoms with Gasteiger partial charge >= 0.3 is 11.9 Å². The number of hydrogen-bond acceptors (Lipinski definition) is 5. The number of carbonyl (C=O) groups excluding carboxylic acids is 2. The molecule has 2 aliphatic rings. The van der Waals surface area contributed by atoms with Gasteiger partial charge in [0.2, 0.25) is 0 Å². The second-order valence-electron chi connectivity index (χ2n) is 9.46. The molecule has 26 heavy (non-hydrogen) atoms. The lowest BCUT2D eigenvalue weighted by atomic mass is 9.70. The maximum absolute atomic E-state index is 12.4. The molecule has 5 nitrogen and oxygen atoms in total. The topological polar surface area (TPSA) is 65.0 Å². The van der Waals surface area contributed by atoms with Gasteiger partial charge in [0, 0.05) is 17.5 Å². The molecule has 0 unspecified atom stereocenters. The van der Waals surface area contributed by atoms with Crippen LogP contribution < -0.4 is 0 Å². The average molecular weight is 366 g/mol. The van der Waals surface area contributed by atoms with Gasteiger partial charge in [0.1, 0.15) is 11.6 Å². The van der Waals surface area contributed by atoms with E-state index in [1.165, 1.54) is 6.42 Å². The van der Waals surface area contributed by atoms with Crippen molar-refractivity contribution in [1.29, 1.82) is 0 Å². The van der Waals surface area contributed by atoms with Crippen molar-refractivity contribution in [3.05, 3.63) is 0 Å². The third-order valence-electron chi connectivity index (χ3n) is 6.42. The molecule has 2 fully saturated rings. The van der Waals surface area contributed by atoms with Crippen molar-refractivity contribution >= 4 is 17.7 Å². The van der Waals surface area contributed by atoms with E-state index in [9.17, 15) is 9.59 Å². The summed E-state index contributed by atoms with van der Waals surface area (Å²) >= 11 is 0. The number of hydrogen-bond donors (Lipinski definition) is 0. The Balaban J connectivity index is 2.14. The molecule has 0 aromatic heterocycles. The van der Waals surface area contributed by atoms with Gasteiger partial charge in [0.15, 0.2) is 0 Å². The fourth-order valence-corrected chi connectivity index (χ4v) is 4.43. The monoisotopic (exact) mass is 365 g/mol. The molecular formula is C21H35NO4. The Morgan fingerprint density at radius 1 is 1.27 bits per heavy atom. The summed E-state index contributed by atoms with van der Waals surface area (Å²) in [5.74, 6) is -0.0147. The zero-order valence-corrected chi connectivity index (χ0v) is 17.5. The van der Waals surface area contributed by atoms with E-state index in [0.717, 1.165) is 18.6 Å². The van der Waals surface area contributed by atoms with Crippen molar-refractivity contribution < 1.29 is 19.1 Å². The highest BCUT2D eigenvalue weighted by molar-refractivity contribution is 5.96. The fourth-order valence-electron chi connectivity index (χ4n) is 4.43. The van der Waals surface area contributed by atoms with Crippen LogP contribution in [0, 0.1) is 16.7 Å². The molecule has 0 saturated heterocycles. The smallest absolute Gasteiger partial charge is 0.330 e. The molecular weight excluding hydrogens is 330 g/mol. The highest BCUT2D eigenvalue weighted by Gasteiger charge is 2.59. The highest BCUT2D eigenvalue weighted by atomic mass is 16.6. The minimum Gasteiger partial charge on any atom is -0.464 e. The van der Waals surface area contributed by atoms with Gasteiger partial charge in [0.25, 0.3) is 0 Å². The van der Waals surface area contributed by atoms with Crippen LogP contribution in [-0.2, 0) is 19.1 Å². The van der Waals surface area contributed by atoms with Crippen molar-refractivity contribution in [2.45, 2.75) is 92.2 Å². The van der Waals surface area contributed by atoms with Crippen molar-refractivity contribution in [1.82, 2.24) is 0 Å². The molecule has 0 aromatic carbocycles. The molecule has 2 saturated carbocycles. The molecule has 0 amide bonds. The lowest BCUT2D eigenvalue weighted by molar-refractivity contribution is -0.155. The van der Waals surface area contributed by atoms with Crippen LogP contribution in [0.15, 0.2) is 4.99 Å². The normalized spacial score (nSPS) is 29.7. The van der Waals surface area contributed by atoms with Crippen LogP contribution in [0.25, 0.3) is 0 Å². The third-order valence-corrected chi connectivity index (χ3v) is 6.42. The van der Waals surface area contributed by atoms with Gasteiger partial charge < -0.3 is 9.47 Å². The van der Waals surface area contributed by atoms with E-state index in [1.807, 2.05) is 20.8 Å². The summed E-state index contributed by atoms with van der Waals surface area (Å²) in [5.41, 5.74) is 0.843. The SMILES string of the molecule is CCOC(=O)[C@H](CCC(=O)OC(C)(C)C)N=C1C[C@H]2CC[C@]1(C)C2(C)C. The molecule has 2 bridgehead atoms. The number of fused-ring (bicyclic) bond motifs is 2. The third kappa shape index (κ3) is 4.12. The first-order chi connectivity index (χ1) is 11.9. The number of esters is 2. The van der Waals surface area contributed by atoms with Crippen LogP contribution in [0.4, 0.5) is 0 Å². The van der Waals surface area contributed by atoms with Crippen molar-refractivity contribution in [3.8, 4) is 0 Å². The van der Waals surface area contributed by atoms with Gasteiger partial charge in [-0.3, -0.25) is 9.79 Å². The molecule has 5 heteroatoms. The van der Waals surface area contributed by atoms with Crippen molar-refractivity contribution in [2.75, 3.05) is 6.61 Å². The second-order valence-corrected chi connectivity index (χ2v) is 9.46. The number of aliphatic imine (C=N–C) groups is 1. The Morgan fingerprint density at radius 2 is 1.92 bits per heavy atom. The summed E-state index contributed by atoms with van der Waals surface area (Å²) < 4.78 is 10.6. The van der Waals surface area contributed by atoms with Crippen LogP contribution >= 0.6 is 0 Å². The lowest BCUT2D eigenvalue weighted by Crippen LogP contribution is -2.34. The van der Waals surface area contributed by atoms with Gasteiger partial charge in [-0.1, -0.05) is 20.8 Å². The molecule has 3 atom stereocenters. The van der Waals surface area contributed by atoms with E-state index in [-0.39, 0.29) is 29.2 Å². The zero-order chi connectivity index (χ0) is 19.8. The van der Waals surface area contributed by atoms with E-state index in [1.54, 1.807) is 6.92 Å². The second kappa shape index (κ2) is 7.32. The molecule has 2 aliphatic carbocycles. The van der Waals surface area contributed by atoms with E-state index < -0.39 is 11.6 Å². The first-order valence-electron chi connectivity index (χ1n) is 9.86.